The topological polar surface area (TPSA) is 45.7 Å². The maximum absolute atomic E-state index is 12.6. The van der Waals surface area contributed by atoms with E-state index in [1.165, 1.54) is 10.5 Å². The predicted octanol–water partition coefficient (Wildman–Crippen LogP) is 4.83. The van der Waals surface area contributed by atoms with Crippen LogP contribution in [-0.4, -0.2) is 54.8 Å². The summed E-state index contributed by atoms with van der Waals surface area (Å²) in [5.74, 6) is 2.06. The molecule has 1 amide bonds. The van der Waals surface area contributed by atoms with Gasteiger partial charge in [0, 0.05) is 37.5 Å². The summed E-state index contributed by atoms with van der Waals surface area (Å²) in [7, 11) is 1.68. The fraction of sp³-hybridized carbons (Fsp3) is 0.391. The Kier molecular flexibility index (Phi) is 6.79. The van der Waals surface area contributed by atoms with Crippen molar-refractivity contribution in [2.75, 3.05) is 43.9 Å². The summed E-state index contributed by atoms with van der Waals surface area (Å²) in [6.45, 7) is 5.27. The molecule has 0 atom stereocenters. The third-order valence-corrected chi connectivity index (χ3v) is 7.50. The Labute approximate surface area is 186 Å². The molecule has 158 valence electrons. The number of methoxy groups -OCH3 is 1. The van der Waals surface area contributed by atoms with Gasteiger partial charge in [0.2, 0.25) is 5.91 Å². The molecule has 5 nitrogen and oxygen atoms in total. The van der Waals surface area contributed by atoms with Gasteiger partial charge in [-0.2, -0.15) is 0 Å². The molecule has 0 aliphatic carbocycles. The number of fused-ring (bicyclic) bond motifs is 1. The Balaban J connectivity index is 1.24. The number of hydrogen-bond acceptors (Lipinski definition) is 6. The van der Waals surface area contributed by atoms with Gasteiger partial charge >= 0.3 is 0 Å². The first kappa shape index (κ1) is 21.0. The largest absolute Gasteiger partial charge is 0.494 e. The summed E-state index contributed by atoms with van der Waals surface area (Å²) in [5, 5.41) is 1.01. The Morgan fingerprint density at radius 2 is 1.90 bits per heavy atom. The zero-order valence-electron chi connectivity index (χ0n) is 17.5. The number of hydrogen-bond donors (Lipinski definition) is 0. The lowest BCUT2D eigenvalue weighted by atomic mass is 10.2. The summed E-state index contributed by atoms with van der Waals surface area (Å²) >= 11 is 3.51. The minimum atomic E-state index is 0.269. The van der Waals surface area contributed by atoms with Crippen LogP contribution in [0.5, 0.6) is 5.75 Å². The first-order valence-electron chi connectivity index (χ1n) is 10.3. The molecule has 1 aliphatic heterocycles. The molecule has 1 aliphatic rings. The van der Waals surface area contributed by atoms with E-state index in [2.05, 4.69) is 42.2 Å². The highest BCUT2D eigenvalue weighted by atomic mass is 32.2. The highest BCUT2D eigenvalue weighted by Crippen LogP contribution is 2.34. The van der Waals surface area contributed by atoms with Crippen molar-refractivity contribution >= 4 is 44.4 Å². The molecular weight excluding hydrogens is 414 g/mol. The third-order valence-electron chi connectivity index (χ3n) is 5.32. The van der Waals surface area contributed by atoms with Crippen molar-refractivity contribution in [1.29, 1.82) is 0 Å². The SMILES string of the molecule is COc1cccc2sc(N3CCN(C(=O)CCCSc4ccc(C)cc4)CC3)nc12. The van der Waals surface area contributed by atoms with Gasteiger partial charge in [-0.15, -0.1) is 11.8 Å². The fourth-order valence-corrected chi connectivity index (χ4v) is 5.45. The first-order chi connectivity index (χ1) is 14.6. The Bertz CT molecular complexity index is 995. The lowest BCUT2D eigenvalue weighted by Gasteiger charge is -2.34. The Hall–Kier alpha value is -2.25. The number of ether oxygens (including phenoxy) is 1. The van der Waals surface area contributed by atoms with Crippen molar-refractivity contribution in [2.45, 2.75) is 24.7 Å². The smallest absolute Gasteiger partial charge is 0.222 e. The van der Waals surface area contributed by atoms with E-state index in [1.807, 2.05) is 28.8 Å². The van der Waals surface area contributed by atoms with E-state index in [-0.39, 0.29) is 5.91 Å². The molecule has 1 saturated heterocycles. The number of piperazine rings is 1. The molecule has 1 fully saturated rings. The zero-order chi connectivity index (χ0) is 20.9. The van der Waals surface area contributed by atoms with Gasteiger partial charge < -0.3 is 14.5 Å². The maximum Gasteiger partial charge on any atom is 0.222 e. The summed E-state index contributed by atoms with van der Waals surface area (Å²) in [4.78, 5) is 22.9. The molecular formula is C23H27N3O2S2. The number of carbonyl (C=O) groups excluding carboxylic acids is 1. The van der Waals surface area contributed by atoms with Crippen molar-refractivity contribution in [3.63, 3.8) is 0 Å². The maximum atomic E-state index is 12.6. The number of carbonyl (C=O) groups is 1. The van der Waals surface area contributed by atoms with Crippen LogP contribution in [0.3, 0.4) is 0 Å². The van der Waals surface area contributed by atoms with Crippen molar-refractivity contribution in [1.82, 2.24) is 9.88 Å². The molecule has 0 spiro atoms. The molecule has 7 heteroatoms. The number of nitrogens with zero attached hydrogens (tertiary/aromatic N) is 3. The van der Waals surface area contributed by atoms with E-state index in [0.29, 0.717) is 6.42 Å². The van der Waals surface area contributed by atoms with Crippen LogP contribution in [0.1, 0.15) is 18.4 Å². The van der Waals surface area contributed by atoms with Crippen molar-refractivity contribution in [2.24, 2.45) is 0 Å². The summed E-state index contributed by atoms with van der Waals surface area (Å²) < 4.78 is 6.56. The molecule has 1 aromatic heterocycles. The van der Waals surface area contributed by atoms with Gasteiger partial charge in [-0.1, -0.05) is 35.1 Å². The van der Waals surface area contributed by atoms with Gasteiger partial charge in [0.1, 0.15) is 11.3 Å². The normalized spacial score (nSPS) is 14.3. The fourth-order valence-electron chi connectivity index (χ4n) is 3.56. The lowest BCUT2D eigenvalue weighted by molar-refractivity contribution is -0.131. The van der Waals surface area contributed by atoms with Gasteiger partial charge in [0.05, 0.1) is 11.8 Å². The molecule has 0 bridgehead atoms. The van der Waals surface area contributed by atoms with E-state index in [1.54, 1.807) is 18.4 Å². The molecule has 0 radical (unpaired) electrons. The van der Waals surface area contributed by atoms with E-state index < -0.39 is 0 Å². The van der Waals surface area contributed by atoms with E-state index in [0.717, 1.165) is 59.5 Å². The number of thioether (sulfide) groups is 1. The average Bonchev–Trinajstić information content (AvgIpc) is 3.22. The second kappa shape index (κ2) is 9.71. The number of aryl methyl sites for hydroxylation is 1. The average molecular weight is 442 g/mol. The molecule has 2 aromatic carbocycles. The van der Waals surface area contributed by atoms with Crippen LogP contribution in [0, 0.1) is 6.92 Å². The molecule has 30 heavy (non-hydrogen) atoms. The van der Waals surface area contributed by atoms with Gasteiger partial charge in [-0.25, -0.2) is 4.98 Å². The van der Waals surface area contributed by atoms with Crippen LogP contribution in [0.25, 0.3) is 10.2 Å². The van der Waals surface area contributed by atoms with Crippen molar-refractivity contribution < 1.29 is 9.53 Å². The van der Waals surface area contributed by atoms with Crippen LogP contribution in [-0.2, 0) is 4.79 Å². The summed E-state index contributed by atoms with van der Waals surface area (Å²) in [5.41, 5.74) is 2.20. The number of aromatic nitrogens is 1. The third kappa shape index (κ3) is 4.90. The van der Waals surface area contributed by atoms with Crippen LogP contribution in [0.2, 0.25) is 0 Å². The molecule has 0 unspecified atom stereocenters. The second-order valence-corrected chi connectivity index (χ2v) is 9.61. The number of benzene rings is 2. The van der Waals surface area contributed by atoms with Gasteiger partial charge in [0.25, 0.3) is 0 Å². The number of rotatable bonds is 7. The number of para-hydroxylation sites is 1. The lowest BCUT2D eigenvalue weighted by Crippen LogP contribution is -2.48. The molecule has 3 aromatic rings. The second-order valence-electron chi connectivity index (χ2n) is 7.44. The van der Waals surface area contributed by atoms with Gasteiger partial charge in [0.15, 0.2) is 5.13 Å². The monoisotopic (exact) mass is 441 g/mol. The Morgan fingerprint density at radius 1 is 1.13 bits per heavy atom. The van der Waals surface area contributed by atoms with Gasteiger partial charge in [-0.3, -0.25) is 4.79 Å². The molecule has 2 heterocycles. The minimum absolute atomic E-state index is 0.269. The summed E-state index contributed by atoms with van der Waals surface area (Å²) in [6.07, 6.45) is 1.53. The van der Waals surface area contributed by atoms with E-state index >= 15 is 0 Å². The quantitative estimate of drug-likeness (QED) is 0.388. The highest BCUT2D eigenvalue weighted by Gasteiger charge is 2.23. The first-order valence-corrected chi connectivity index (χ1v) is 12.1. The van der Waals surface area contributed by atoms with Crippen LogP contribution >= 0.6 is 23.1 Å². The summed E-state index contributed by atoms with van der Waals surface area (Å²) in [6, 6.07) is 14.6. The van der Waals surface area contributed by atoms with Crippen LogP contribution in [0.15, 0.2) is 47.4 Å². The number of amides is 1. The van der Waals surface area contributed by atoms with Crippen LogP contribution in [0.4, 0.5) is 5.13 Å². The zero-order valence-corrected chi connectivity index (χ0v) is 19.1. The molecule has 4 rings (SSSR count). The molecule has 0 saturated carbocycles. The Morgan fingerprint density at radius 3 is 2.63 bits per heavy atom. The predicted molar refractivity (Wildman–Crippen MR) is 126 cm³/mol. The number of anilines is 1. The van der Waals surface area contributed by atoms with Crippen molar-refractivity contribution in [3.8, 4) is 5.75 Å². The van der Waals surface area contributed by atoms with E-state index in [9.17, 15) is 4.79 Å². The minimum Gasteiger partial charge on any atom is -0.494 e. The van der Waals surface area contributed by atoms with E-state index in [4.69, 9.17) is 9.72 Å². The standard InChI is InChI=1S/C23H27N3O2S2/c1-17-8-10-18(11-9-17)29-16-4-7-21(27)25-12-14-26(15-13-25)23-24-22-19(28-2)5-3-6-20(22)30-23/h3,5-6,8-11H,4,7,12-16H2,1-2H3. The van der Waals surface area contributed by atoms with Crippen molar-refractivity contribution in [3.05, 3.63) is 48.0 Å². The van der Waals surface area contributed by atoms with Crippen LogP contribution < -0.4 is 9.64 Å². The highest BCUT2D eigenvalue weighted by molar-refractivity contribution is 7.99. The number of thiazole rings is 1. The van der Waals surface area contributed by atoms with Gasteiger partial charge in [-0.05, 0) is 43.4 Å². The molecule has 0 N–H and O–H groups in total.